The average molecular weight is 328 g/mol. The van der Waals surface area contributed by atoms with Crippen molar-refractivity contribution in [1.29, 1.82) is 0 Å². The minimum absolute atomic E-state index is 0. The summed E-state index contributed by atoms with van der Waals surface area (Å²) in [4.78, 5) is 15.0. The molecule has 0 fully saturated rings. The summed E-state index contributed by atoms with van der Waals surface area (Å²) in [5, 5.41) is 4.22. The topological polar surface area (TPSA) is 69.1 Å². The molecule has 0 aliphatic carbocycles. The Bertz CT molecular complexity index is 499. The molecule has 7 heteroatoms. The van der Waals surface area contributed by atoms with Gasteiger partial charge in [0.2, 0.25) is 5.89 Å². The van der Waals surface area contributed by atoms with Gasteiger partial charge in [0.05, 0.1) is 25.3 Å². The molecule has 2 heterocycles. The zero-order valence-electron chi connectivity index (χ0n) is 10.5. The normalized spacial score (nSPS) is 9.74. The van der Waals surface area contributed by atoms with E-state index in [0.29, 0.717) is 25.3 Å². The predicted octanol–water partition coefficient (Wildman–Crippen LogP) is -2.02. The first-order valence-electron chi connectivity index (χ1n) is 5.62. The summed E-state index contributed by atoms with van der Waals surface area (Å²) in [5.41, 5.74) is 0.823. The maximum absolute atomic E-state index is 10.9. The van der Waals surface area contributed by atoms with Gasteiger partial charge >= 0.3 is 5.97 Å². The number of hydrogen-bond acceptors (Lipinski definition) is 5. The van der Waals surface area contributed by atoms with Crippen LogP contribution in [0.5, 0.6) is 0 Å². The molecule has 0 saturated heterocycles. The van der Waals surface area contributed by atoms with Gasteiger partial charge in [-0.05, 0) is 5.10 Å². The van der Waals surface area contributed by atoms with E-state index < -0.39 is 0 Å². The fourth-order valence-electron chi connectivity index (χ4n) is 1.50. The minimum Gasteiger partial charge on any atom is -1.00 e. The van der Waals surface area contributed by atoms with Crippen LogP contribution in [0.1, 0.15) is 12.8 Å². The van der Waals surface area contributed by atoms with Crippen LogP contribution in [0.25, 0.3) is 11.5 Å². The number of aromatic nitrogens is 3. The monoisotopic (exact) mass is 327 g/mol. The van der Waals surface area contributed by atoms with Crippen LogP contribution in [0, 0.1) is 0 Å². The van der Waals surface area contributed by atoms with Gasteiger partial charge in [0.25, 0.3) is 0 Å². The third-order valence-electron chi connectivity index (χ3n) is 2.45. The first-order valence-corrected chi connectivity index (χ1v) is 5.62. The summed E-state index contributed by atoms with van der Waals surface area (Å²) in [6.07, 6.45) is 7.72. The number of halogens is 1. The van der Waals surface area contributed by atoms with Gasteiger partial charge in [-0.25, -0.2) is 4.98 Å². The molecule has 0 radical (unpaired) electrons. The van der Waals surface area contributed by atoms with E-state index in [1.165, 1.54) is 13.4 Å². The second-order valence-corrected chi connectivity index (χ2v) is 3.70. The maximum Gasteiger partial charge on any atom is 0.305 e. The van der Waals surface area contributed by atoms with Gasteiger partial charge in [-0.2, -0.15) is 0 Å². The lowest BCUT2D eigenvalue weighted by Crippen LogP contribution is -3.00. The summed E-state index contributed by atoms with van der Waals surface area (Å²) in [6.45, 7) is 0.668. The Morgan fingerprint density at radius 3 is 2.95 bits per heavy atom. The van der Waals surface area contributed by atoms with E-state index in [9.17, 15) is 4.79 Å². The van der Waals surface area contributed by atoms with Crippen LogP contribution in [0.4, 0.5) is 0 Å². The zero-order chi connectivity index (χ0) is 12.8. The summed E-state index contributed by atoms with van der Waals surface area (Å²) in [5.74, 6) is 0.344. The van der Waals surface area contributed by atoms with E-state index in [4.69, 9.17) is 4.42 Å². The smallest absolute Gasteiger partial charge is 0.305 e. The van der Waals surface area contributed by atoms with Gasteiger partial charge in [-0.15, -0.1) is 0 Å². The van der Waals surface area contributed by atoms with Crippen molar-refractivity contribution in [1.82, 2.24) is 10.1 Å². The zero-order valence-corrected chi connectivity index (χ0v) is 12.0. The van der Waals surface area contributed by atoms with Crippen molar-refractivity contribution in [2.24, 2.45) is 0 Å². The quantitative estimate of drug-likeness (QED) is 0.468. The number of nitrogens with zero attached hydrogens (tertiary/aromatic N) is 3. The maximum atomic E-state index is 10.9. The van der Waals surface area contributed by atoms with Crippen LogP contribution in [-0.4, -0.2) is 23.2 Å². The van der Waals surface area contributed by atoms with Crippen molar-refractivity contribution in [2.45, 2.75) is 19.4 Å². The Kier molecular flexibility index (Phi) is 6.14. The fourth-order valence-corrected chi connectivity index (χ4v) is 1.50. The van der Waals surface area contributed by atoms with Crippen LogP contribution < -0.4 is 21.7 Å². The molecular formula is C12H14BrN3O3. The van der Waals surface area contributed by atoms with Gasteiger partial charge in [-0.3, -0.25) is 4.79 Å². The number of methoxy groups -OCH3 is 1. The lowest BCUT2D eigenvalue weighted by Gasteiger charge is -1.96. The Balaban J connectivity index is 0.00000180. The van der Waals surface area contributed by atoms with Crippen molar-refractivity contribution < 1.29 is 35.6 Å². The van der Waals surface area contributed by atoms with Crippen molar-refractivity contribution in [3.05, 3.63) is 30.9 Å². The number of oxazole rings is 1. The molecule has 0 unspecified atom stereocenters. The summed E-state index contributed by atoms with van der Waals surface area (Å²) < 4.78 is 11.5. The third-order valence-corrected chi connectivity index (χ3v) is 2.45. The molecular weight excluding hydrogens is 314 g/mol. The summed E-state index contributed by atoms with van der Waals surface area (Å²) in [6, 6.07) is 1.87. The van der Waals surface area contributed by atoms with E-state index in [1.807, 2.05) is 12.3 Å². The Morgan fingerprint density at radius 1 is 1.53 bits per heavy atom. The van der Waals surface area contributed by atoms with Gasteiger partial charge in [0, 0.05) is 12.5 Å². The molecule has 6 nitrogen and oxygen atoms in total. The molecule has 2 rings (SSSR count). The molecule has 0 saturated carbocycles. The van der Waals surface area contributed by atoms with E-state index in [0.717, 1.165) is 5.56 Å². The lowest BCUT2D eigenvalue weighted by molar-refractivity contribution is -0.754. The van der Waals surface area contributed by atoms with Crippen LogP contribution in [0.2, 0.25) is 0 Å². The minimum atomic E-state index is -0.202. The highest BCUT2D eigenvalue weighted by atomic mass is 79.9. The summed E-state index contributed by atoms with van der Waals surface area (Å²) in [7, 11) is 1.39. The van der Waals surface area contributed by atoms with E-state index >= 15 is 0 Å². The molecule has 2 aromatic rings. The van der Waals surface area contributed by atoms with Crippen LogP contribution in [0.15, 0.2) is 35.3 Å². The van der Waals surface area contributed by atoms with Crippen LogP contribution in [0.3, 0.4) is 0 Å². The number of esters is 1. The second-order valence-electron chi connectivity index (χ2n) is 3.70. The van der Waals surface area contributed by atoms with Crippen LogP contribution >= 0.6 is 0 Å². The molecule has 0 aliphatic heterocycles. The molecule has 102 valence electrons. The summed E-state index contributed by atoms with van der Waals surface area (Å²) >= 11 is 0. The number of carbonyl (C=O) groups excluding carboxylic acids is 1. The van der Waals surface area contributed by atoms with Crippen molar-refractivity contribution in [2.75, 3.05) is 7.11 Å². The fraction of sp³-hybridized carbons (Fsp3) is 0.333. The van der Waals surface area contributed by atoms with E-state index in [-0.39, 0.29) is 23.0 Å². The first-order chi connectivity index (χ1) is 8.79. The number of carbonyl (C=O) groups is 1. The molecule has 19 heavy (non-hydrogen) atoms. The van der Waals surface area contributed by atoms with Gasteiger partial charge in [-0.1, -0.05) is 4.68 Å². The Hall–Kier alpha value is -1.76. The standard InChI is InChI=1S/C12H14N3O3.BrH/c1-17-11(16)3-2-6-15-7-4-10(9-14-15)12-13-5-8-18-12;/h4-5,7-9H,2-3,6H2,1H3;1H/q+1;/p-1. The predicted molar refractivity (Wildman–Crippen MR) is 61.2 cm³/mol. The van der Waals surface area contributed by atoms with E-state index in [2.05, 4.69) is 14.8 Å². The van der Waals surface area contributed by atoms with Crippen molar-refractivity contribution in [3.8, 4) is 11.5 Å². The number of rotatable bonds is 5. The second kappa shape index (κ2) is 7.63. The molecule has 0 aliphatic rings. The largest absolute Gasteiger partial charge is 1.00 e. The average Bonchev–Trinajstić information content (AvgIpc) is 2.93. The highest BCUT2D eigenvalue weighted by molar-refractivity contribution is 5.68. The highest BCUT2D eigenvalue weighted by Crippen LogP contribution is 2.13. The molecule has 0 amide bonds. The van der Waals surface area contributed by atoms with E-state index in [1.54, 1.807) is 17.1 Å². The van der Waals surface area contributed by atoms with Crippen LogP contribution in [-0.2, 0) is 16.1 Å². The SMILES string of the molecule is COC(=O)CCC[n+]1ccc(-c2ncco2)cn1.[Br-]. The number of ether oxygens (including phenoxy) is 1. The number of hydrogen-bond donors (Lipinski definition) is 0. The van der Waals surface area contributed by atoms with Gasteiger partial charge in [0.15, 0.2) is 12.7 Å². The van der Waals surface area contributed by atoms with Gasteiger partial charge < -0.3 is 26.1 Å². The molecule has 0 atom stereocenters. The van der Waals surface area contributed by atoms with Crippen molar-refractivity contribution in [3.63, 3.8) is 0 Å². The Labute approximate surface area is 121 Å². The Morgan fingerprint density at radius 2 is 2.37 bits per heavy atom. The number of aryl methyl sites for hydroxylation is 1. The lowest BCUT2D eigenvalue weighted by atomic mass is 10.3. The first kappa shape index (κ1) is 15.3. The molecule has 0 bridgehead atoms. The molecule has 0 spiro atoms. The highest BCUT2D eigenvalue weighted by Gasteiger charge is 2.08. The molecule has 2 aromatic heterocycles. The van der Waals surface area contributed by atoms with Gasteiger partial charge in [0.1, 0.15) is 12.5 Å². The molecule has 0 aromatic carbocycles. The molecule has 0 N–H and O–H groups in total. The van der Waals surface area contributed by atoms with Crippen molar-refractivity contribution >= 4 is 5.97 Å². The third kappa shape index (κ3) is 4.44.